The molecule has 0 spiro atoms. The molecule has 3 heterocycles. The molecule has 1 aromatic carbocycles. The average molecular weight is 411 g/mol. The summed E-state index contributed by atoms with van der Waals surface area (Å²) in [4.78, 5) is 20.1. The molecule has 0 N–H and O–H groups in total. The van der Waals surface area contributed by atoms with E-state index in [1.165, 1.54) is 4.90 Å². The third-order valence-corrected chi connectivity index (χ3v) is 6.33. The minimum absolute atomic E-state index is 0.211. The first-order chi connectivity index (χ1) is 13.9. The van der Waals surface area contributed by atoms with Crippen LogP contribution in [0.2, 0.25) is 0 Å². The van der Waals surface area contributed by atoms with Gasteiger partial charge >= 0.3 is 0 Å². The Morgan fingerprint density at radius 3 is 2.93 bits per heavy atom. The van der Waals surface area contributed by atoms with Crippen molar-refractivity contribution in [1.29, 1.82) is 5.26 Å². The van der Waals surface area contributed by atoms with Gasteiger partial charge < -0.3 is 18.8 Å². The standard InChI is InChI=1S/C21H21N3O4S/c1-13-18(29-12-23-13)9-27-15-4-5-17-16(8-15)19(14(2)28-17)20(25)24(3)21(10-22)6-7-26-11-21/h4-5,8,12H,6-7,9,11H2,1-3H3. The van der Waals surface area contributed by atoms with Crippen molar-refractivity contribution in [1.82, 2.24) is 9.88 Å². The maximum Gasteiger partial charge on any atom is 0.259 e. The summed E-state index contributed by atoms with van der Waals surface area (Å²) in [5.74, 6) is 0.894. The topological polar surface area (TPSA) is 88.6 Å². The number of aryl methyl sites for hydroxylation is 2. The molecular formula is C21H21N3O4S. The molecule has 1 fully saturated rings. The highest BCUT2D eigenvalue weighted by molar-refractivity contribution is 7.09. The third kappa shape index (κ3) is 3.37. The highest BCUT2D eigenvalue weighted by atomic mass is 32.1. The second-order valence-corrected chi connectivity index (χ2v) is 8.09. The van der Waals surface area contributed by atoms with Crippen LogP contribution in [0.15, 0.2) is 28.1 Å². The van der Waals surface area contributed by atoms with E-state index in [2.05, 4.69) is 11.1 Å². The number of likely N-dealkylation sites (N-methyl/N-ethyl adjacent to an activating group) is 1. The first-order valence-electron chi connectivity index (χ1n) is 9.27. The molecule has 0 saturated carbocycles. The number of furan rings is 1. The second-order valence-electron chi connectivity index (χ2n) is 7.15. The van der Waals surface area contributed by atoms with E-state index in [-0.39, 0.29) is 12.5 Å². The van der Waals surface area contributed by atoms with E-state index in [1.54, 1.807) is 36.9 Å². The Morgan fingerprint density at radius 2 is 2.28 bits per heavy atom. The largest absolute Gasteiger partial charge is 0.488 e. The summed E-state index contributed by atoms with van der Waals surface area (Å²) < 4.78 is 17.1. The number of hydrogen-bond donors (Lipinski definition) is 0. The zero-order valence-corrected chi connectivity index (χ0v) is 17.3. The van der Waals surface area contributed by atoms with Crippen LogP contribution in [0.3, 0.4) is 0 Å². The van der Waals surface area contributed by atoms with Crippen LogP contribution in [-0.4, -0.2) is 41.6 Å². The van der Waals surface area contributed by atoms with Gasteiger partial charge in [0.15, 0.2) is 5.54 Å². The zero-order chi connectivity index (χ0) is 20.6. The van der Waals surface area contributed by atoms with Gasteiger partial charge in [-0.05, 0) is 32.0 Å². The van der Waals surface area contributed by atoms with Crippen LogP contribution >= 0.6 is 11.3 Å². The van der Waals surface area contributed by atoms with Gasteiger partial charge in [0.05, 0.1) is 40.9 Å². The lowest BCUT2D eigenvalue weighted by atomic mass is 9.97. The van der Waals surface area contributed by atoms with Gasteiger partial charge in [-0.1, -0.05) is 0 Å². The number of carbonyl (C=O) groups is 1. The highest BCUT2D eigenvalue weighted by Crippen LogP contribution is 2.33. The molecule has 1 saturated heterocycles. The molecule has 4 rings (SSSR count). The monoisotopic (exact) mass is 411 g/mol. The number of nitrogens with zero attached hydrogens (tertiary/aromatic N) is 3. The number of thiazole rings is 1. The smallest absolute Gasteiger partial charge is 0.259 e. The van der Waals surface area contributed by atoms with Crippen molar-refractivity contribution in [2.75, 3.05) is 20.3 Å². The lowest BCUT2D eigenvalue weighted by molar-refractivity contribution is 0.0622. The molecule has 150 valence electrons. The number of hydrogen-bond acceptors (Lipinski definition) is 7. The van der Waals surface area contributed by atoms with Crippen LogP contribution in [0.25, 0.3) is 11.0 Å². The maximum absolute atomic E-state index is 13.3. The summed E-state index contributed by atoms with van der Waals surface area (Å²) in [6.07, 6.45) is 0.489. The third-order valence-electron chi connectivity index (χ3n) is 5.42. The Balaban J connectivity index is 1.65. The quantitative estimate of drug-likeness (QED) is 0.634. The Hall–Kier alpha value is -2.89. The first kappa shape index (κ1) is 19.4. The van der Waals surface area contributed by atoms with E-state index in [0.29, 0.717) is 47.7 Å². The number of ether oxygens (including phenoxy) is 2. The molecule has 3 aromatic rings. The Kier molecular flexibility index (Phi) is 5.03. The van der Waals surface area contributed by atoms with E-state index in [1.807, 2.05) is 19.1 Å². The molecule has 0 aliphatic carbocycles. The SMILES string of the molecule is Cc1ncsc1COc1ccc2oc(C)c(C(=O)N(C)C3(C#N)CCOC3)c2c1. The van der Waals surface area contributed by atoms with Crippen molar-refractivity contribution in [3.63, 3.8) is 0 Å². The number of carbonyl (C=O) groups excluding carboxylic acids is 1. The fourth-order valence-corrected chi connectivity index (χ4v) is 4.20. The van der Waals surface area contributed by atoms with Crippen molar-refractivity contribution < 1.29 is 18.7 Å². The van der Waals surface area contributed by atoms with E-state index >= 15 is 0 Å². The number of nitriles is 1. The predicted octanol–water partition coefficient (Wildman–Crippen LogP) is 3.84. The predicted molar refractivity (Wildman–Crippen MR) is 108 cm³/mol. The van der Waals surface area contributed by atoms with E-state index in [4.69, 9.17) is 13.9 Å². The summed E-state index contributed by atoms with van der Waals surface area (Å²) in [6, 6.07) is 7.69. The van der Waals surface area contributed by atoms with Crippen LogP contribution in [-0.2, 0) is 11.3 Å². The summed E-state index contributed by atoms with van der Waals surface area (Å²) >= 11 is 1.55. The van der Waals surface area contributed by atoms with Crippen molar-refractivity contribution in [2.45, 2.75) is 32.4 Å². The lowest BCUT2D eigenvalue weighted by Crippen LogP contribution is -2.49. The van der Waals surface area contributed by atoms with Crippen LogP contribution in [0.5, 0.6) is 5.75 Å². The minimum atomic E-state index is -0.953. The number of rotatable bonds is 5. The molecule has 29 heavy (non-hydrogen) atoms. The van der Waals surface area contributed by atoms with Crippen LogP contribution < -0.4 is 4.74 Å². The molecule has 7 nitrogen and oxygen atoms in total. The van der Waals surface area contributed by atoms with Crippen LogP contribution in [0, 0.1) is 25.2 Å². The Labute approximate surface area is 172 Å². The molecular weight excluding hydrogens is 390 g/mol. The molecule has 8 heteroatoms. The summed E-state index contributed by atoms with van der Waals surface area (Å²) in [5.41, 5.74) is 2.84. The molecule has 1 atom stereocenters. The summed E-state index contributed by atoms with van der Waals surface area (Å²) in [6.45, 7) is 4.79. The Morgan fingerprint density at radius 1 is 1.45 bits per heavy atom. The zero-order valence-electron chi connectivity index (χ0n) is 16.5. The minimum Gasteiger partial charge on any atom is -0.488 e. The van der Waals surface area contributed by atoms with E-state index < -0.39 is 5.54 Å². The van der Waals surface area contributed by atoms with Gasteiger partial charge in [0.1, 0.15) is 23.7 Å². The maximum atomic E-state index is 13.3. The number of fused-ring (bicyclic) bond motifs is 1. The molecule has 1 aliphatic rings. The van der Waals surface area contributed by atoms with E-state index in [0.717, 1.165) is 10.6 Å². The van der Waals surface area contributed by atoms with Gasteiger partial charge in [0.2, 0.25) is 0 Å². The van der Waals surface area contributed by atoms with E-state index in [9.17, 15) is 10.1 Å². The summed E-state index contributed by atoms with van der Waals surface area (Å²) in [7, 11) is 1.64. The number of aromatic nitrogens is 1. The summed E-state index contributed by atoms with van der Waals surface area (Å²) in [5, 5.41) is 10.3. The van der Waals surface area contributed by atoms with Crippen molar-refractivity contribution in [2.24, 2.45) is 0 Å². The Bertz CT molecular complexity index is 1110. The van der Waals surface area contributed by atoms with Crippen molar-refractivity contribution in [3.8, 4) is 11.8 Å². The van der Waals surface area contributed by atoms with Gasteiger partial charge in [-0.25, -0.2) is 4.98 Å². The van der Waals surface area contributed by atoms with Crippen LogP contribution in [0.1, 0.15) is 33.1 Å². The van der Waals surface area contributed by atoms with Gasteiger partial charge in [-0.15, -0.1) is 11.3 Å². The second kappa shape index (κ2) is 7.50. The van der Waals surface area contributed by atoms with Gasteiger partial charge in [0, 0.05) is 18.9 Å². The van der Waals surface area contributed by atoms with Crippen molar-refractivity contribution in [3.05, 3.63) is 45.6 Å². The number of amides is 1. The number of benzene rings is 1. The average Bonchev–Trinajstić information content (AvgIpc) is 3.43. The lowest BCUT2D eigenvalue weighted by Gasteiger charge is -2.31. The fraction of sp³-hybridized carbons (Fsp3) is 0.381. The van der Waals surface area contributed by atoms with Gasteiger partial charge in [-0.3, -0.25) is 4.79 Å². The molecule has 1 unspecified atom stereocenters. The van der Waals surface area contributed by atoms with Gasteiger partial charge in [-0.2, -0.15) is 5.26 Å². The molecule has 2 aromatic heterocycles. The first-order valence-corrected chi connectivity index (χ1v) is 10.2. The molecule has 1 amide bonds. The molecule has 1 aliphatic heterocycles. The fourth-order valence-electron chi connectivity index (χ4n) is 3.51. The van der Waals surface area contributed by atoms with Gasteiger partial charge in [0.25, 0.3) is 5.91 Å². The highest BCUT2D eigenvalue weighted by Gasteiger charge is 2.43. The molecule has 0 radical (unpaired) electrons. The van der Waals surface area contributed by atoms with Crippen molar-refractivity contribution >= 4 is 28.2 Å². The van der Waals surface area contributed by atoms with Crippen LogP contribution in [0.4, 0.5) is 0 Å². The molecule has 0 bridgehead atoms. The normalized spacial score (nSPS) is 18.7.